The van der Waals surface area contributed by atoms with Crippen LogP contribution in [0.15, 0.2) is 23.3 Å². The Morgan fingerprint density at radius 2 is 1.37 bits per heavy atom. The summed E-state index contributed by atoms with van der Waals surface area (Å²) in [5, 5.41) is 0. The minimum Gasteiger partial charge on any atom is -0.298 e. The SMILES string of the molecule is CCCCC/C=C(/C=C(/C=O)CCCC)CCCC. The predicted octanol–water partition coefficient (Wildman–Crippen LogP) is 6.00. The monoisotopic (exact) mass is 264 g/mol. The van der Waals surface area contributed by atoms with Gasteiger partial charge in [0.15, 0.2) is 0 Å². The van der Waals surface area contributed by atoms with Gasteiger partial charge in [0.1, 0.15) is 6.29 Å². The fourth-order valence-electron chi connectivity index (χ4n) is 2.08. The van der Waals surface area contributed by atoms with Crippen molar-refractivity contribution in [3.05, 3.63) is 23.3 Å². The maximum absolute atomic E-state index is 11.1. The zero-order chi connectivity index (χ0) is 14.3. The topological polar surface area (TPSA) is 17.1 Å². The number of aldehydes is 1. The van der Waals surface area contributed by atoms with Gasteiger partial charge in [0.25, 0.3) is 0 Å². The van der Waals surface area contributed by atoms with E-state index in [0.29, 0.717) is 0 Å². The molecule has 0 amide bonds. The molecular weight excluding hydrogens is 232 g/mol. The first-order valence-electron chi connectivity index (χ1n) is 8.13. The van der Waals surface area contributed by atoms with Crippen LogP contribution < -0.4 is 0 Å². The molecule has 1 nitrogen and oxygen atoms in total. The van der Waals surface area contributed by atoms with Gasteiger partial charge < -0.3 is 0 Å². The van der Waals surface area contributed by atoms with Crippen LogP contribution >= 0.6 is 0 Å². The Kier molecular flexibility index (Phi) is 13.0. The molecule has 1 heteroatoms. The normalized spacial score (nSPS) is 12.8. The van der Waals surface area contributed by atoms with Crippen LogP contribution in [-0.2, 0) is 4.79 Å². The molecule has 0 heterocycles. The third kappa shape index (κ3) is 10.7. The molecule has 19 heavy (non-hydrogen) atoms. The molecule has 0 aliphatic rings. The van der Waals surface area contributed by atoms with Gasteiger partial charge >= 0.3 is 0 Å². The van der Waals surface area contributed by atoms with Crippen molar-refractivity contribution in [1.82, 2.24) is 0 Å². The molecule has 0 spiro atoms. The van der Waals surface area contributed by atoms with Gasteiger partial charge in [-0.1, -0.05) is 64.2 Å². The van der Waals surface area contributed by atoms with Gasteiger partial charge in [0.2, 0.25) is 0 Å². The Morgan fingerprint density at radius 1 is 0.789 bits per heavy atom. The van der Waals surface area contributed by atoms with Crippen LogP contribution in [0.2, 0.25) is 0 Å². The Hall–Kier alpha value is -0.850. The van der Waals surface area contributed by atoms with Crippen molar-refractivity contribution in [2.24, 2.45) is 0 Å². The third-order valence-corrected chi connectivity index (χ3v) is 3.37. The molecule has 0 atom stereocenters. The van der Waals surface area contributed by atoms with Crippen molar-refractivity contribution in [1.29, 1.82) is 0 Å². The summed E-state index contributed by atoms with van der Waals surface area (Å²) in [5.41, 5.74) is 2.34. The number of carbonyl (C=O) groups excluding carboxylic acids is 1. The maximum Gasteiger partial charge on any atom is 0.146 e. The van der Waals surface area contributed by atoms with Gasteiger partial charge in [-0.05, 0) is 44.1 Å². The molecule has 0 aromatic carbocycles. The first kappa shape index (κ1) is 18.1. The van der Waals surface area contributed by atoms with E-state index in [9.17, 15) is 4.79 Å². The fraction of sp³-hybridized carbons (Fsp3) is 0.722. The van der Waals surface area contributed by atoms with Gasteiger partial charge in [-0.25, -0.2) is 0 Å². The van der Waals surface area contributed by atoms with Crippen molar-refractivity contribution < 1.29 is 4.79 Å². The van der Waals surface area contributed by atoms with E-state index in [0.717, 1.165) is 44.0 Å². The summed E-state index contributed by atoms with van der Waals surface area (Å²) in [4.78, 5) is 11.1. The summed E-state index contributed by atoms with van der Waals surface area (Å²) in [5.74, 6) is 0. The number of rotatable bonds is 12. The standard InChI is InChI=1S/C18H32O/c1-4-7-10-11-14-17(12-8-5-2)15-18(16-19)13-9-6-3/h14-16H,4-13H2,1-3H3/b17-14+,18-15+. The van der Waals surface area contributed by atoms with Crippen molar-refractivity contribution in [2.75, 3.05) is 0 Å². The van der Waals surface area contributed by atoms with Crippen LogP contribution in [0.4, 0.5) is 0 Å². The van der Waals surface area contributed by atoms with E-state index in [2.05, 4.69) is 32.9 Å². The van der Waals surface area contributed by atoms with Crippen molar-refractivity contribution in [3.8, 4) is 0 Å². The highest BCUT2D eigenvalue weighted by Crippen LogP contribution is 2.16. The molecule has 0 radical (unpaired) electrons. The van der Waals surface area contributed by atoms with Crippen LogP contribution in [0.1, 0.15) is 85.0 Å². The van der Waals surface area contributed by atoms with Crippen LogP contribution in [-0.4, -0.2) is 6.29 Å². The number of unbranched alkanes of at least 4 members (excludes halogenated alkanes) is 5. The van der Waals surface area contributed by atoms with E-state index in [-0.39, 0.29) is 0 Å². The van der Waals surface area contributed by atoms with Crippen LogP contribution in [0, 0.1) is 0 Å². The lowest BCUT2D eigenvalue weighted by molar-refractivity contribution is -0.105. The van der Waals surface area contributed by atoms with Crippen LogP contribution in [0.3, 0.4) is 0 Å². The summed E-state index contributed by atoms with van der Waals surface area (Å²) in [7, 11) is 0. The molecule has 0 fully saturated rings. The summed E-state index contributed by atoms with van der Waals surface area (Å²) in [6.45, 7) is 6.62. The number of hydrogen-bond acceptors (Lipinski definition) is 1. The quantitative estimate of drug-likeness (QED) is 0.183. The average molecular weight is 264 g/mol. The highest BCUT2D eigenvalue weighted by atomic mass is 16.1. The van der Waals surface area contributed by atoms with Gasteiger partial charge in [-0.2, -0.15) is 0 Å². The second kappa shape index (κ2) is 13.6. The van der Waals surface area contributed by atoms with E-state index in [1.165, 1.54) is 37.7 Å². The highest BCUT2D eigenvalue weighted by molar-refractivity contribution is 5.74. The molecule has 0 unspecified atom stereocenters. The lowest BCUT2D eigenvalue weighted by Gasteiger charge is -2.05. The van der Waals surface area contributed by atoms with Gasteiger partial charge in [0, 0.05) is 0 Å². The molecule has 0 bridgehead atoms. The summed E-state index contributed by atoms with van der Waals surface area (Å²) >= 11 is 0. The second-order valence-corrected chi connectivity index (χ2v) is 5.32. The molecule has 0 aliphatic heterocycles. The molecule has 0 saturated heterocycles. The Bertz CT molecular complexity index is 273. The van der Waals surface area contributed by atoms with Crippen LogP contribution in [0.5, 0.6) is 0 Å². The number of allylic oxidation sites excluding steroid dienone is 4. The fourth-order valence-corrected chi connectivity index (χ4v) is 2.08. The smallest absolute Gasteiger partial charge is 0.146 e. The highest BCUT2D eigenvalue weighted by Gasteiger charge is 1.99. The number of hydrogen-bond donors (Lipinski definition) is 0. The van der Waals surface area contributed by atoms with E-state index in [1.54, 1.807) is 0 Å². The zero-order valence-corrected chi connectivity index (χ0v) is 13.2. The minimum absolute atomic E-state index is 0.929. The first-order chi connectivity index (χ1) is 9.28. The van der Waals surface area contributed by atoms with Crippen molar-refractivity contribution >= 4 is 6.29 Å². The molecule has 0 saturated carbocycles. The third-order valence-electron chi connectivity index (χ3n) is 3.37. The second-order valence-electron chi connectivity index (χ2n) is 5.32. The molecule has 0 aromatic rings. The van der Waals surface area contributed by atoms with Crippen LogP contribution in [0.25, 0.3) is 0 Å². The van der Waals surface area contributed by atoms with Crippen molar-refractivity contribution in [2.45, 2.75) is 85.0 Å². The molecule has 0 rings (SSSR count). The molecule has 0 aromatic heterocycles. The Morgan fingerprint density at radius 3 is 1.89 bits per heavy atom. The molecule has 0 N–H and O–H groups in total. The lowest BCUT2D eigenvalue weighted by atomic mass is 10.0. The number of carbonyl (C=O) groups is 1. The van der Waals surface area contributed by atoms with E-state index >= 15 is 0 Å². The summed E-state index contributed by atoms with van der Waals surface area (Å²) < 4.78 is 0. The summed E-state index contributed by atoms with van der Waals surface area (Å²) in [6, 6.07) is 0. The van der Waals surface area contributed by atoms with E-state index in [4.69, 9.17) is 0 Å². The maximum atomic E-state index is 11.1. The van der Waals surface area contributed by atoms with E-state index < -0.39 is 0 Å². The minimum atomic E-state index is 0.929. The predicted molar refractivity (Wildman–Crippen MR) is 85.4 cm³/mol. The lowest BCUT2D eigenvalue weighted by Crippen LogP contribution is -1.89. The zero-order valence-electron chi connectivity index (χ0n) is 13.2. The molecular formula is C18H32O. The summed E-state index contributed by atoms with van der Waals surface area (Å²) in [6.07, 6.45) is 17.3. The Balaban J connectivity index is 4.51. The molecule has 110 valence electrons. The first-order valence-corrected chi connectivity index (χ1v) is 8.13. The van der Waals surface area contributed by atoms with Gasteiger partial charge in [-0.3, -0.25) is 4.79 Å². The average Bonchev–Trinajstić information content (AvgIpc) is 2.44. The molecule has 0 aliphatic carbocycles. The van der Waals surface area contributed by atoms with Crippen molar-refractivity contribution in [3.63, 3.8) is 0 Å². The largest absolute Gasteiger partial charge is 0.298 e. The van der Waals surface area contributed by atoms with E-state index in [1.807, 2.05) is 0 Å². The van der Waals surface area contributed by atoms with Gasteiger partial charge in [0.05, 0.1) is 0 Å². The Labute approximate surface area is 120 Å². The van der Waals surface area contributed by atoms with Gasteiger partial charge in [-0.15, -0.1) is 0 Å².